The second-order valence-corrected chi connectivity index (χ2v) is 7.70. The van der Waals surface area contributed by atoms with Gasteiger partial charge in [-0.3, -0.25) is 19.5 Å². The van der Waals surface area contributed by atoms with E-state index in [2.05, 4.69) is 10.3 Å². The van der Waals surface area contributed by atoms with Crippen LogP contribution in [0.2, 0.25) is 5.02 Å². The van der Waals surface area contributed by atoms with E-state index in [0.29, 0.717) is 23.6 Å². The summed E-state index contributed by atoms with van der Waals surface area (Å²) >= 11 is 5.90. The van der Waals surface area contributed by atoms with Gasteiger partial charge in [0, 0.05) is 23.0 Å². The Morgan fingerprint density at radius 3 is 2.72 bits per heavy atom. The van der Waals surface area contributed by atoms with Crippen LogP contribution in [-0.2, 0) is 11.3 Å². The van der Waals surface area contributed by atoms with Gasteiger partial charge in [0.05, 0.1) is 19.1 Å². The van der Waals surface area contributed by atoms with E-state index in [1.807, 2.05) is 6.07 Å². The number of rotatable bonds is 5. The summed E-state index contributed by atoms with van der Waals surface area (Å²) in [7, 11) is 0. The van der Waals surface area contributed by atoms with E-state index >= 15 is 0 Å². The SMILES string of the molecule is O=C(CN1C(=O)N(Cc2cccnc2)C(=O)C2NCCCC21)c1ccc(Cl)cc1. The number of urea groups is 1. The number of halogens is 1. The van der Waals surface area contributed by atoms with E-state index in [1.54, 1.807) is 42.7 Å². The molecule has 3 heterocycles. The van der Waals surface area contributed by atoms with Gasteiger partial charge in [-0.15, -0.1) is 0 Å². The van der Waals surface area contributed by atoms with Crippen molar-refractivity contribution in [1.82, 2.24) is 20.1 Å². The Labute approximate surface area is 173 Å². The van der Waals surface area contributed by atoms with Crippen molar-refractivity contribution < 1.29 is 14.4 Å². The number of nitrogens with zero attached hydrogens (tertiary/aromatic N) is 3. The highest BCUT2D eigenvalue weighted by Gasteiger charge is 2.47. The lowest BCUT2D eigenvalue weighted by molar-refractivity contribution is -0.137. The number of hydrogen-bond donors (Lipinski definition) is 1. The number of pyridine rings is 1. The Bertz CT molecular complexity index is 919. The van der Waals surface area contributed by atoms with Crippen LogP contribution in [0.25, 0.3) is 0 Å². The van der Waals surface area contributed by atoms with E-state index in [9.17, 15) is 14.4 Å². The number of hydrogen-bond acceptors (Lipinski definition) is 5. The molecular weight excluding hydrogens is 392 g/mol. The minimum Gasteiger partial charge on any atom is -0.311 e. The van der Waals surface area contributed by atoms with Crippen LogP contribution in [0.1, 0.15) is 28.8 Å². The molecular formula is C21H21ClN4O3. The van der Waals surface area contributed by atoms with E-state index in [0.717, 1.165) is 12.0 Å². The molecule has 2 aliphatic rings. The number of ketones is 1. The third kappa shape index (κ3) is 4.02. The summed E-state index contributed by atoms with van der Waals surface area (Å²) in [5.74, 6) is -0.436. The molecule has 2 aromatic rings. The largest absolute Gasteiger partial charge is 0.327 e. The van der Waals surface area contributed by atoms with Crippen molar-refractivity contribution in [2.24, 2.45) is 0 Å². The van der Waals surface area contributed by atoms with Gasteiger partial charge in [-0.2, -0.15) is 0 Å². The van der Waals surface area contributed by atoms with E-state index in [-0.39, 0.29) is 30.8 Å². The fourth-order valence-corrected chi connectivity index (χ4v) is 4.03. The van der Waals surface area contributed by atoms with Crippen molar-refractivity contribution in [2.75, 3.05) is 13.1 Å². The van der Waals surface area contributed by atoms with Crippen molar-refractivity contribution in [3.63, 3.8) is 0 Å². The standard InChI is InChI=1S/C21H21ClN4O3/c22-16-7-5-15(6-8-16)18(27)13-25-17-4-2-10-24-19(17)20(28)26(21(25)29)12-14-3-1-9-23-11-14/h1,3,5-9,11,17,19,24H,2,4,10,12-13H2. The van der Waals surface area contributed by atoms with Gasteiger partial charge in [0.2, 0.25) is 5.91 Å². The molecule has 4 rings (SSSR count). The smallest absolute Gasteiger partial charge is 0.311 e. The van der Waals surface area contributed by atoms with Crippen LogP contribution in [0.5, 0.6) is 0 Å². The highest BCUT2D eigenvalue weighted by Crippen LogP contribution is 2.26. The summed E-state index contributed by atoms with van der Waals surface area (Å²) in [6, 6.07) is 8.90. The normalized spacial score (nSPS) is 21.8. The van der Waals surface area contributed by atoms with Crippen LogP contribution in [0, 0.1) is 0 Å². The number of piperidine rings is 1. The maximum absolute atomic E-state index is 13.2. The van der Waals surface area contributed by atoms with Crippen molar-refractivity contribution in [2.45, 2.75) is 31.5 Å². The summed E-state index contributed by atoms with van der Waals surface area (Å²) in [4.78, 5) is 45.9. The van der Waals surface area contributed by atoms with Crippen LogP contribution < -0.4 is 5.32 Å². The average molecular weight is 413 g/mol. The minimum atomic E-state index is -0.504. The topological polar surface area (TPSA) is 82.6 Å². The van der Waals surface area contributed by atoms with E-state index < -0.39 is 12.1 Å². The molecule has 0 radical (unpaired) electrons. The zero-order valence-electron chi connectivity index (χ0n) is 15.8. The third-order valence-corrected chi connectivity index (χ3v) is 5.63. The summed E-state index contributed by atoms with van der Waals surface area (Å²) in [5.41, 5.74) is 1.24. The van der Waals surface area contributed by atoms with Gasteiger partial charge in [-0.1, -0.05) is 17.7 Å². The molecule has 29 heavy (non-hydrogen) atoms. The summed E-state index contributed by atoms with van der Waals surface area (Å²) < 4.78 is 0. The zero-order chi connectivity index (χ0) is 20.4. The predicted octanol–water partition coefficient (Wildman–Crippen LogP) is 2.50. The summed E-state index contributed by atoms with van der Waals surface area (Å²) in [5, 5.41) is 3.77. The molecule has 7 nitrogen and oxygen atoms in total. The fraction of sp³-hybridized carbons (Fsp3) is 0.333. The van der Waals surface area contributed by atoms with Gasteiger partial charge < -0.3 is 10.2 Å². The molecule has 2 aliphatic heterocycles. The first-order chi connectivity index (χ1) is 14.0. The number of imide groups is 1. The average Bonchev–Trinajstić information content (AvgIpc) is 2.75. The third-order valence-electron chi connectivity index (χ3n) is 5.38. The Balaban J connectivity index is 1.59. The number of aromatic nitrogens is 1. The number of Topliss-reactive ketones (excluding diaryl/α,β-unsaturated/α-hetero) is 1. The predicted molar refractivity (Wildman–Crippen MR) is 107 cm³/mol. The van der Waals surface area contributed by atoms with Gasteiger partial charge in [0.15, 0.2) is 5.78 Å². The lowest BCUT2D eigenvalue weighted by Crippen LogP contribution is -2.69. The van der Waals surface area contributed by atoms with Crippen molar-refractivity contribution in [1.29, 1.82) is 0 Å². The highest BCUT2D eigenvalue weighted by molar-refractivity contribution is 6.30. The maximum atomic E-state index is 13.2. The van der Waals surface area contributed by atoms with Gasteiger partial charge in [0.25, 0.3) is 0 Å². The molecule has 2 atom stereocenters. The molecule has 2 unspecified atom stereocenters. The monoisotopic (exact) mass is 412 g/mol. The number of nitrogens with one attached hydrogen (secondary N) is 1. The van der Waals surface area contributed by atoms with Gasteiger partial charge in [-0.25, -0.2) is 4.79 Å². The molecule has 3 amide bonds. The van der Waals surface area contributed by atoms with Crippen LogP contribution in [-0.4, -0.2) is 57.7 Å². The van der Waals surface area contributed by atoms with E-state index in [1.165, 1.54) is 9.80 Å². The molecule has 0 spiro atoms. The second kappa shape index (κ2) is 8.31. The number of benzene rings is 1. The fourth-order valence-electron chi connectivity index (χ4n) is 3.90. The molecule has 2 fully saturated rings. The van der Waals surface area contributed by atoms with Crippen LogP contribution >= 0.6 is 11.6 Å². The van der Waals surface area contributed by atoms with Crippen molar-refractivity contribution >= 4 is 29.3 Å². The zero-order valence-corrected chi connectivity index (χ0v) is 16.5. The molecule has 8 heteroatoms. The second-order valence-electron chi connectivity index (χ2n) is 7.27. The number of carbonyl (C=O) groups is 3. The Morgan fingerprint density at radius 1 is 1.21 bits per heavy atom. The maximum Gasteiger partial charge on any atom is 0.327 e. The minimum absolute atomic E-state index is 0.0832. The van der Waals surface area contributed by atoms with Crippen molar-refractivity contribution in [3.8, 4) is 0 Å². The highest BCUT2D eigenvalue weighted by atomic mass is 35.5. The van der Waals surface area contributed by atoms with Crippen LogP contribution in [0.3, 0.4) is 0 Å². The van der Waals surface area contributed by atoms with Gasteiger partial charge in [-0.05, 0) is 55.3 Å². The molecule has 2 saturated heterocycles. The molecule has 1 aromatic carbocycles. The Kier molecular flexibility index (Phi) is 5.60. The van der Waals surface area contributed by atoms with Crippen molar-refractivity contribution in [3.05, 3.63) is 64.9 Å². The summed E-state index contributed by atoms with van der Waals surface area (Å²) in [6.45, 7) is 0.753. The molecule has 0 bridgehead atoms. The first-order valence-electron chi connectivity index (χ1n) is 9.57. The molecule has 150 valence electrons. The molecule has 0 aliphatic carbocycles. The van der Waals surface area contributed by atoms with Gasteiger partial charge >= 0.3 is 6.03 Å². The van der Waals surface area contributed by atoms with Crippen LogP contribution in [0.4, 0.5) is 4.79 Å². The lowest BCUT2D eigenvalue weighted by atomic mass is 9.92. The number of carbonyl (C=O) groups excluding carboxylic acids is 3. The number of fused-ring (bicyclic) bond motifs is 1. The first-order valence-corrected chi connectivity index (χ1v) is 9.95. The molecule has 1 N–H and O–H groups in total. The first kappa shape index (κ1) is 19.5. The number of amides is 3. The lowest BCUT2D eigenvalue weighted by Gasteiger charge is -2.46. The van der Waals surface area contributed by atoms with Crippen LogP contribution in [0.15, 0.2) is 48.8 Å². The van der Waals surface area contributed by atoms with Gasteiger partial charge in [0.1, 0.15) is 6.04 Å². The quantitative estimate of drug-likeness (QED) is 0.763. The molecule has 1 aromatic heterocycles. The Hall–Kier alpha value is -2.77. The summed E-state index contributed by atoms with van der Waals surface area (Å²) in [6.07, 6.45) is 4.79. The Morgan fingerprint density at radius 2 is 2.00 bits per heavy atom. The van der Waals surface area contributed by atoms with E-state index in [4.69, 9.17) is 11.6 Å². The molecule has 0 saturated carbocycles.